The van der Waals surface area contributed by atoms with E-state index in [2.05, 4.69) is 15.2 Å². The smallest absolute Gasteiger partial charge is 0.267 e. The van der Waals surface area contributed by atoms with Gasteiger partial charge in [0.05, 0.1) is 18.8 Å². The molecule has 2 rings (SSSR count). The highest BCUT2D eigenvalue weighted by Gasteiger charge is 2.10. The van der Waals surface area contributed by atoms with E-state index in [-0.39, 0.29) is 11.6 Å². The molecule has 0 unspecified atom stereocenters. The summed E-state index contributed by atoms with van der Waals surface area (Å²) in [4.78, 5) is 28.9. The molecular weight excluding hydrogens is 272 g/mol. The van der Waals surface area contributed by atoms with Crippen LogP contribution >= 0.6 is 0 Å². The molecule has 0 spiro atoms. The summed E-state index contributed by atoms with van der Waals surface area (Å²) in [5.74, 6) is -0.798. The molecule has 1 saturated heterocycles. The first-order valence-corrected chi connectivity index (χ1v) is 7.01. The Morgan fingerprint density at radius 2 is 2.10 bits per heavy atom. The van der Waals surface area contributed by atoms with Crippen LogP contribution in [0.1, 0.15) is 27.3 Å². The number of pyridine rings is 1. The van der Waals surface area contributed by atoms with Gasteiger partial charge in [-0.25, -0.2) is 0 Å². The molecule has 1 aromatic heterocycles. The van der Waals surface area contributed by atoms with Gasteiger partial charge in [0.25, 0.3) is 11.8 Å². The molecule has 7 heteroatoms. The number of hydrogen-bond acceptors (Lipinski definition) is 5. The van der Waals surface area contributed by atoms with E-state index in [0.29, 0.717) is 12.1 Å². The van der Waals surface area contributed by atoms with Gasteiger partial charge in [0.1, 0.15) is 5.69 Å². The van der Waals surface area contributed by atoms with Crippen molar-refractivity contribution in [3.63, 3.8) is 0 Å². The lowest BCUT2D eigenvalue weighted by Gasteiger charge is -2.26. The number of amides is 2. The van der Waals surface area contributed by atoms with Crippen LogP contribution in [0.3, 0.4) is 0 Å². The lowest BCUT2D eigenvalue weighted by Crippen LogP contribution is -2.38. The van der Waals surface area contributed by atoms with Gasteiger partial charge in [-0.3, -0.25) is 19.5 Å². The molecule has 3 N–H and O–H groups in total. The van der Waals surface area contributed by atoms with Crippen LogP contribution in [-0.4, -0.2) is 61.1 Å². The van der Waals surface area contributed by atoms with Crippen LogP contribution in [0.5, 0.6) is 0 Å². The number of nitrogens with two attached hydrogens (primary N) is 1. The van der Waals surface area contributed by atoms with E-state index >= 15 is 0 Å². The van der Waals surface area contributed by atoms with E-state index in [0.717, 1.165) is 39.3 Å². The minimum atomic E-state index is -0.604. The normalized spacial score (nSPS) is 15.6. The predicted octanol–water partition coefficient (Wildman–Crippen LogP) is -0.367. The van der Waals surface area contributed by atoms with E-state index in [4.69, 9.17) is 10.5 Å². The number of carbonyl (C=O) groups is 2. The van der Waals surface area contributed by atoms with E-state index < -0.39 is 5.91 Å². The van der Waals surface area contributed by atoms with Gasteiger partial charge in [-0.1, -0.05) is 0 Å². The highest BCUT2D eigenvalue weighted by molar-refractivity contribution is 5.95. The maximum Gasteiger partial charge on any atom is 0.267 e. The number of primary amides is 1. The third-order valence-electron chi connectivity index (χ3n) is 3.32. The van der Waals surface area contributed by atoms with Crippen LogP contribution in [0, 0.1) is 0 Å². The SMILES string of the molecule is NC(=O)c1ccc(C(=O)NCCCN2CCOCC2)cn1. The summed E-state index contributed by atoms with van der Waals surface area (Å²) in [6, 6.07) is 3.00. The Labute approximate surface area is 123 Å². The molecule has 1 aliphatic rings. The lowest BCUT2D eigenvalue weighted by atomic mass is 10.2. The number of nitrogens with zero attached hydrogens (tertiary/aromatic N) is 2. The molecule has 0 saturated carbocycles. The van der Waals surface area contributed by atoms with Gasteiger partial charge in [0.15, 0.2) is 0 Å². The molecular formula is C14H20N4O3. The van der Waals surface area contributed by atoms with E-state index in [1.54, 1.807) is 6.07 Å². The topological polar surface area (TPSA) is 97.5 Å². The molecule has 1 aromatic rings. The second kappa shape index (κ2) is 7.70. The molecule has 7 nitrogen and oxygen atoms in total. The van der Waals surface area contributed by atoms with Crippen LogP contribution in [0.4, 0.5) is 0 Å². The minimum absolute atomic E-state index is 0.152. The van der Waals surface area contributed by atoms with Crippen LogP contribution in [0.25, 0.3) is 0 Å². The highest BCUT2D eigenvalue weighted by atomic mass is 16.5. The zero-order chi connectivity index (χ0) is 15.1. The van der Waals surface area contributed by atoms with Gasteiger partial charge >= 0.3 is 0 Å². The van der Waals surface area contributed by atoms with Gasteiger partial charge in [0, 0.05) is 25.8 Å². The third-order valence-corrected chi connectivity index (χ3v) is 3.32. The molecule has 1 aliphatic heterocycles. The molecule has 1 fully saturated rings. The number of ether oxygens (including phenoxy) is 1. The second-order valence-corrected chi connectivity index (χ2v) is 4.86. The highest BCUT2D eigenvalue weighted by Crippen LogP contribution is 2.01. The molecule has 2 amide bonds. The Kier molecular flexibility index (Phi) is 5.65. The number of rotatable bonds is 6. The van der Waals surface area contributed by atoms with Crippen molar-refractivity contribution < 1.29 is 14.3 Å². The van der Waals surface area contributed by atoms with Crippen molar-refractivity contribution in [3.8, 4) is 0 Å². The fourth-order valence-corrected chi connectivity index (χ4v) is 2.11. The van der Waals surface area contributed by atoms with Gasteiger partial charge in [-0.05, 0) is 25.1 Å². The summed E-state index contributed by atoms with van der Waals surface area (Å²) in [6.45, 7) is 5.02. The Hall–Kier alpha value is -1.99. The first kappa shape index (κ1) is 15.4. The maximum atomic E-state index is 11.9. The monoisotopic (exact) mass is 292 g/mol. The number of nitrogens with one attached hydrogen (secondary N) is 1. The molecule has 2 heterocycles. The molecule has 0 radical (unpaired) electrons. The number of morpholine rings is 1. The van der Waals surface area contributed by atoms with Crippen molar-refractivity contribution in [2.45, 2.75) is 6.42 Å². The molecule has 21 heavy (non-hydrogen) atoms. The number of aromatic nitrogens is 1. The average Bonchev–Trinajstić information content (AvgIpc) is 2.52. The van der Waals surface area contributed by atoms with E-state index in [1.807, 2.05) is 0 Å². The predicted molar refractivity (Wildman–Crippen MR) is 77.0 cm³/mol. The first-order chi connectivity index (χ1) is 10.2. The fraction of sp³-hybridized carbons (Fsp3) is 0.500. The molecule has 0 aliphatic carbocycles. The van der Waals surface area contributed by atoms with Crippen LogP contribution in [0.15, 0.2) is 18.3 Å². The average molecular weight is 292 g/mol. The zero-order valence-corrected chi connectivity index (χ0v) is 11.9. The Morgan fingerprint density at radius 1 is 1.33 bits per heavy atom. The number of hydrogen-bond donors (Lipinski definition) is 2. The Morgan fingerprint density at radius 3 is 2.71 bits per heavy atom. The molecule has 0 aromatic carbocycles. The fourth-order valence-electron chi connectivity index (χ4n) is 2.11. The largest absolute Gasteiger partial charge is 0.379 e. The molecule has 0 bridgehead atoms. The molecule has 114 valence electrons. The standard InChI is InChI=1S/C14H20N4O3/c15-13(19)12-3-2-11(10-17-12)14(20)16-4-1-5-18-6-8-21-9-7-18/h2-3,10H,1,4-9H2,(H2,15,19)(H,16,20). The maximum absolute atomic E-state index is 11.9. The van der Waals surface area contributed by atoms with Crippen LogP contribution in [-0.2, 0) is 4.74 Å². The van der Waals surface area contributed by atoms with Crippen molar-refractivity contribution in [1.82, 2.24) is 15.2 Å². The summed E-state index contributed by atoms with van der Waals surface area (Å²) >= 11 is 0. The quantitative estimate of drug-likeness (QED) is 0.697. The van der Waals surface area contributed by atoms with Gasteiger partial charge in [-0.15, -0.1) is 0 Å². The minimum Gasteiger partial charge on any atom is -0.379 e. The third kappa shape index (κ3) is 4.80. The summed E-state index contributed by atoms with van der Waals surface area (Å²) in [5.41, 5.74) is 5.67. The van der Waals surface area contributed by atoms with Gasteiger partial charge < -0.3 is 15.8 Å². The van der Waals surface area contributed by atoms with Crippen molar-refractivity contribution >= 4 is 11.8 Å². The summed E-state index contributed by atoms with van der Waals surface area (Å²) < 4.78 is 5.28. The van der Waals surface area contributed by atoms with Crippen molar-refractivity contribution in [1.29, 1.82) is 0 Å². The second-order valence-electron chi connectivity index (χ2n) is 4.86. The van der Waals surface area contributed by atoms with Crippen LogP contribution < -0.4 is 11.1 Å². The zero-order valence-electron chi connectivity index (χ0n) is 11.9. The summed E-state index contributed by atoms with van der Waals surface area (Å²) in [6.07, 6.45) is 2.25. The van der Waals surface area contributed by atoms with Crippen molar-refractivity contribution in [3.05, 3.63) is 29.6 Å². The summed E-state index contributed by atoms with van der Waals surface area (Å²) in [7, 11) is 0. The first-order valence-electron chi connectivity index (χ1n) is 7.01. The number of carbonyl (C=O) groups excluding carboxylic acids is 2. The molecule has 0 atom stereocenters. The van der Waals surface area contributed by atoms with Gasteiger partial charge in [-0.2, -0.15) is 0 Å². The lowest BCUT2D eigenvalue weighted by molar-refractivity contribution is 0.0374. The Bertz CT molecular complexity index is 483. The summed E-state index contributed by atoms with van der Waals surface area (Å²) in [5, 5.41) is 2.83. The van der Waals surface area contributed by atoms with Crippen molar-refractivity contribution in [2.24, 2.45) is 5.73 Å². The van der Waals surface area contributed by atoms with Crippen molar-refractivity contribution in [2.75, 3.05) is 39.4 Å². The van der Waals surface area contributed by atoms with E-state index in [9.17, 15) is 9.59 Å². The van der Waals surface area contributed by atoms with Crippen LogP contribution in [0.2, 0.25) is 0 Å². The Balaban J connectivity index is 1.70. The van der Waals surface area contributed by atoms with Gasteiger partial charge in [0.2, 0.25) is 0 Å². The van der Waals surface area contributed by atoms with E-state index in [1.165, 1.54) is 12.3 Å².